The molecule has 0 radical (unpaired) electrons. The van der Waals surface area contributed by atoms with Crippen LogP contribution in [0.25, 0.3) is 0 Å². The van der Waals surface area contributed by atoms with Gasteiger partial charge in [-0.3, -0.25) is 4.72 Å². The zero-order valence-corrected chi connectivity index (χ0v) is 13.1. The van der Waals surface area contributed by atoms with Gasteiger partial charge in [-0.25, -0.2) is 8.42 Å². The molecule has 0 aliphatic heterocycles. The molecule has 0 aliphatic carbocycles. The summed E-state index contributed by atoms with van der Waals surface area (Å²) in [4.78, 5) is -0.0847. The number of sulfonamides is 1. The van der Waals surface area contributed by atoms with Crippen molar-refractivity contribution in [2.45, 2.75) is 4.90 Å². The predicted molar refractivity (Wildman–Crippen MR) is 81.0 cm³/mol. The first-order valence-electron chi connectivity index (χ1n) is 4.82. The summed E-state index contributed by atoms with van der Waals surface area (Å²) in [5.41, 5.74) is 6.12. The zero-order chi connectivity index (χ0) is 14.2. The normalized spacial score (nSPS) is 11.5. The molecule has 0 saturated heterocycles. The maximum Gasteiger partial charge on any atom is 0.264 e. The van der Waals surface area contributed by atoms with Crippen molar-refractivity contribution < 1.29 is 8.42 Å². The van der Waals surface area contributed by atoms with Crippen LogP contribution < -0.4 is 10.5 Å². The van der Waals surface area contributed by atoms with Gasteiger partial charge in [-0.1, -0.05) is 34.8 Å². The molecule has 0 unspecified atom stereocenters. The summed E-state index contributed by atoms with van der Waals surface area (Å²) >= 11 is 18.3. The fraction of sp³-hybridized carbons (Fsp3) is 0. The largest absolute Gasteiger partial charge is 0.397 e. The topological polar surface area (TPSA) is 72.2 Å². The number of halogens is 3. The van der Waals surface area contributed by atoms with E-state index in [1.807, 2.05) is 0 Å². The van der Waals surface area contributed by atoms with Crippen molar-refractivity contribution in [2.24, 2.45) is 0 Å². The summed E-state index contributed by atoms with van der Waals surface area (Å²) in [6, 6.07) is 5.72. The highest BCUT2D eigenvalue weighted by molar-refractivity contribution is 7.93. The molecule has 0 fully saturated rings. The van der Waals surface area contributed by atoms with Crippen LogP contribution in [0.3, 0.4) is 0 Å². The van der Waals surface area contributed by atoms with Crippen LogP contribution in [0, 0.1) is 0 Å². The van der Waals surface area contributed by atoms with Crippen LogP contribution in [0.4, 0.5) is 11.4 Å². The van der Waals surface area contributed by atoms with Crippen molar-refractivity contribution in [3.8, 4) is 0 Å². The lowest BCUT2D eigenvalue weighted by molar-refractivity contribution is 0.601. The second-order valence-corrected chi connectivity index (χ2v) is 7.90. The molecule has 1 aromatic heterocycles. The van der Waals surface area contributed by atoms with E-state index in [0.717, 1.165) is 11.3 Å². The summed E-state index contributed by atoms with van der Waals surface area (Å²) in [5, 5.41) is 0.414. The van der Waals surface area contributed by atoms with Gasteiger partial charge < -0.3 is 5.73 Å². The maximum atomic E-state index is 12.1. The number of thiophene rings is 1. The van der Waals surface area contributed by atoms with Crippen LogP contribution in [0.2, 0.25) is 13.7 Å². The molecule has 4 nitrogen and oxygen atoms in total. The summed E-state index contributed by atoms with van der Waals surface area (Å²) in [5.74, 6) is 0. The third-order valence-electron chi connectivity index (χ3n) is 2.17. The molecule has 0 aliphatic rings. The van der Waals surface area contributed by atoms with E-state index in [9.17, 15) is 8.42 Å². The average molecular weight is 358 g/mol. The van der Waals surface area contributed by atoms with Gasteiger partial charge in [0.15, 0.2) is 0 Å². The number of hydrogen-bond acceptors (Lipinski definition) is 4. The van der Waals surface area contributed by atoms with Gasteiger partial charge in [-0.15, -0.1) is 11.3 Å². The quantitative estimate of drug-likeness (QED) is 0.813. The van der Waals surface area contributed by atoms with Crippen LogP contribution >= 0.6 is 46.1 Å². The van der Waals surface area contributed by atoms with Crippen molar-refractivity contribution in [2.75, 3.05) is 10.5 Å². The number of nitrogens with one attached hydrogen (secondary N) is 1. The highest BCUT2D eigenvalue weighted by Crippen LogP contribution is 2.35. The Bertz CT molecular complexity index is 728. The van der Waals surface area contributed by atoms with Crippen LogP contribution in [-0.2, 0) is 10.0 Å². The van der Waals surface area contributed by atoms with E-state index < -0.39 is 10.0 Å². The molecule has 1 aromatic carbocycles. The molecule has 2 aromatic rings. The minimum absolute atomic E-state index is 0.0847. The Morgan fingerprint density at radius 1 is 1.16 bits per heavy atom. The van der Waals surface area contributed by atoms with E-state index in [1.54, 1.807) is 0 Å². The number of rotatable bonds is 3. The first-order valence-corrected chi connectivity index (χ1v) is 8.25. The highest BCUT2D eigenvalue weighted by Gasteiger charge is 2.21. The monoisotopic (exact) mass is 356 g/mol. The second kappa shape index (κ2) is 5.38. The SMILES string of the molecule is Nc1cc(Cl)ccc1NS(=O)(=O)c1cc(Cl)sc1Cl. The molecule has 19 heavy (non-hydrogen) atoms. The summed E-state index contributed by atoms with van der Waals surface area (Å²) in [6.07, 6.45) is 0. The van der Waals surface area contributed by atoms with Gasteiger partial charge in [0.05, 0.1) is 15.7 Å². The molecular weight excluding hydrogens is 351 g/mol. The molecule has 0 spiro atoms. The Kier molecular flexibility index (Phi) is 4.17. The lowest BCUT2D eigenvalue weighted by atomic mass is 10.3. The molecule has 0 atom stereocenters. The lowest BCUT2D eigenvalue weighted by Crippen LogP contribution is -2.13. The lowest BCUT2D eigenvalue weighted by Gasteiger charge is -2.09. The Hall–Kier alpha value is -0.660. The molecule has 3 N–H and O–H groups in total. The van der Waals surface area contributed by atoms with Crippen LogP contribution in [0.1, 0.15) is 0 Å². The molecule has 0 amide bonds. The van der Waals surface area contributed by atoms with Crippen LogP contribution in [-0.4, -0.2) is 8.42 Å². The smallest absolute Gasteiger partial charge is 0.264 e. The number of hydrogen-bond donors (Lipinski definition) is 2. The minimum atomic E-state index is -3.84. The standard InChI is InChI=1S/C10H7Cl3N2O2S2/c11-5-1-2-7(6(14)3-5)15-19(16,17)8-4-9(12)18-10(8)13/h1-4,15H,14H2. The molecular formula is C10H7Cl3N2O2S2. The summed E-state index contributed by atoms with van der Waals surface area (Å²) in [7, 11) is -3.84. The Morgan fingerprint density at radius 2 is 1.84 bits per heavy atom. The highest BCUT2D eigenvalue weighted by atomic mass is 35.5. The van der Waals surface area contributed by atoms with Gasteiger partial charge in [-0.05, 0) is 24.3 Å². The van der Waals surface area contributed by atoms with E-state index in [1.165, 1.54) is 24.3 Å². The third kappa shape index (κ3) is 3.27. The van der Waals surface area contributed by atoms with E-state index in [2.05, 4.69) is 4.72 Å². The zero-order valence-electron chi connectivity index (χ0n) is 9.15. The van der Waals surface area contributed by atoms with Gasteiger partial charge in [-0.2, -0.15) is 0 Å². The van der Waals surface area contributed by atoms with Crippen LogP contribution in [0.15, 0.2) is 29.2 Å². The molecule has 9 heteroatoms. The Balaban J connectivity index is 2.39. The first-order chi connectivity index (χ1) is 8.79. The molecule has 0 saturated carbocycles. The third-order valence-corrected chi connectivity index (χ3v) is 5.53. The molecule has 2 rings (SSSR count). The predicted octanol–water partition coefficient (Wildman–Crippen LogP) is 4.09. The van der Waals surface area contributed by atoms with Gasteiger partial charge >= 0.3 is 0 Å². The van der Waals surface area contributed by atoms with Crippen molar-refractivity contribution in [1.82, 2.24) is 0 Å². The Labute approximate surface area is 129 Å². The maximum absolute atomic E-state index is 12.1. The van der Waals surface area contributed by atoms with E-state index in [0.29, 0.717) is 5.02 Å². The minimum Gasteiger partial charge on any atom is -0.397 e. The fourth-order valence-electron chi connectivity index (χ4n) is 1.33. The van der Waals surface area contributed by atoms with Crippen molar-refractivity contribution in [1.29, 1.82) is 0 Å². The number of anilines is 2. The fourth-order valence-corrected chi connectivity index (χ4v) is 4.75. The van der Waals surface area contributed by atoms with Gasteiger partial charge in [0.2, 0.25) is 0 Å². The number of benzene rings is 1. The van der Waals surface area contributed by atoms with Crippen molar-refractivity contribution in [3.05, 3.63) is 38.0 Å². The van der Waals surface area contributed by atoms with E-state index in [-0.39, 0.29) is 24.9 Å². The van der Waals surface area contributed by atoms with E-state index >= 15 is 0 Å². The van der Waals surface area contributed by atoms with Crippen LogP contribution in [0.5, 0.6) is 0 Å². The summed E-state index contributed by atoms with van der Waals surface area (Å²) in [6.45, 7) is 0. The second-order valence-electron chi connectivity index (χ2n) is 3.53. The van der Waals surface area contributed by atoms with Gasteiger partial charge in [0.1, 0.15) is 9.23 Å². The van der Waals surface area contributed by atoms with E-state index in [4.69, 9.17) is 40.5 Å². The number of nitrogen functional groups attached to an aromatic ring is 1. The first kappa shape index (κ1) is 14.7. The van der Waals surface area contributed by atoms with Crippen molar-refractivity contribution >= 4 is 67.5 Å². The molecule has 1 heterocycles. The number of nitrogens with two attached hydrogens (primary N) is 1. The Morgan fingerprint density at radius 3 is 2.37 bits per heavy atom. The van der Waals surface area contributed by atoms with Gasteiger partial charge in [0.25, 0.3) is 10.0 Å². The molecule has 0 bridgehead atoms. The molecule has 102 valence electrons. The van der Waals surface area contributed by atoms with Crippen molar-refractivity contribution in [3.63, 3.8) is 0 Å². The van der Waals surface area contributed by atoms with Gasteiger partial charge in [0, 0.05) is 5.02 Å². The average Bonchev–Trinajstić information content (AvgIpc) is 2.63. The summed E-state index contributed by atoms with van der Waals surface area (Å²) < 4.78 is 27.0.